The lowest BCUT2D eigenvalue weighted by Gasteiger charge is -2.22. The van der Waals surface area contributed by atoms with E-state index in [4.69, 9.17) is 16.3 Å². The normalized spacial score (nSPS) is 12.9. The van der Waals surface area contributed by atoms with Crippen LogP contribution < -0.4 is 10.6 Å². The number of amides is 1. The van der Waals surface area contributed by atoms with Gasteiger partial charge >= 0.3 is 6.09 Å². The van der Waals surface area contributed by atoms with Gasteiger partial charge < -0.3 is 15.4 Å². The van der Waals surface area contributed by atoms with E-state index >= 15 is 0 Å². The molecule has 0 fully saturated rings. The van der Waals surface area contributed by atoms with Crippen LogP contribution in [0, 0.1) is 5.82 Å². The number of alkyl carbamates (subject to hydrolysis) is 1. The first-order chi connectivity index (χ1) is 9.67. The highest BCUT2D eigenvalue weighted by atomic mass is 35.5. The van der Waals surface area contributed by atoms with Crippen molar-refractivity contribution in [3.05, 3.63) is 34.6 Å². The second-order valence-electron chi connectivity index (χ2n) is 5.91. The van der Waals surface area contributed by atoms with Crippen molar-refractivity contribution in [1.29, 1.82) is 0 Å². The molecule has 4 nitrogen and oxygen atoms in total. The lowest BCUT2D eigenvalue weighted by atomic mass is 10.2. The van der Waals surface area contributed by atoms with Crippen molar-refractivity contribution < 1.29 is 13.9 Å². The van der Waals surface area contributed by atoms with Crippen molar-refractivity contribution in [2.24, 2.45) is 0 Å². The zero-order valence-corrected chi connectivity index (χ0v) is 13.6. The molecule has 0 heterocycles. The Balaban J connectivity index is 2.33. The van der Waals surface area contributed by atoms with Crippen molar-refractivity contribution in [3.63, 3.8) is 0 Å². The van der Waals surface area contributed by atoms with E-state index in [1.807, 2.05) is 27.7 Å². The van der Waals surface area contributed by atoms with Crippen LogP contribution in [-0.2, 0) is 11.3 Å². The SMILES string of the molecule is CC(CNCc1ccc(F)cc1Cl)NC(=O)OC(C)(C)C. The van der Waals surface area contributed by atoms with E-state index in [1.54, 1.807) is 6.07 Å². The molecule has 1 unspecified atom stereocenters. The Bertz CT molecular complexity index is 489. The highest BCUT2D eigenvalue weighted by Gasteiger charge is 2.17. The number of carbonyl (C=O) groups is 1. The maximum atomic E-state index is 12.9. The molecule has 0 aromatic heterocycles. The Morgan fingerprint density at radius 1 is 1.43 bits per heavy atom. The summed E-state index contributed by atoms with van der Waals surface area (Å²) >= 11 is 5.93. The molecule has 1 aromatic carbocycles. The summed E-state index contributed by atoms with van der Waals surface area (Å²) < 4.78 is 18.1. The molecule has 0 bridgehead atoms. The third kappa shape index (κ3) is 7.29. The monoisotopic (exact) mass is 316 g/mol. The van der Waals surface area contributed by atoms with Gasteiger partial charge in [-0.15, -0.1) is 0 Å². The second-order valence-corrected chi connectivity index (χ2v) is 6.32. The highest BCUT2D eigenvalue weighted by Crippen LogP contribution is 2.16. The summed E-state index contributed by atoms with van der Waals surface area (Å²) in [7, 11) is 0. The number of nitrogens with one attached hydrogen (secondary N) is 2. The molecule has 0 aliphatic heterocycles. The van der Waals surface area contributed by atoms with Crippen molar-refractivity contribution >= 4 is 17.7 Å². The minimum Gasteiger partial charge on any atom is -0.444 e. The van der Waals surface area contributed by atoms with Gasteiger partial charge in [0.15, 0.2) is 0 Å². The first-order valence-corrected chi connectivity index (χ1v) is 7.19. The number of hydrogen-bond acceptors (Lipinski definition) is 3. The van der Waals surface area contributed by atoms with Crippen LogP contribution in [0.3, 0.4) is 0 Å². The van der Waals surface area contributed by atoms with E-state index in [0.717, 1.165) is 5.56 Å². The zero-order valence-electron chi connectivity index (χ0n) is 12.8. The van der Waals surface area contributed by atoms with Gasteiger partial charge in [-0.25, -0.2) is 9.18 Å². The lowest BCUT2D eigenvalue weighted by molar-refractivity contribution is 0.0508. The average Bonchev–Trinajstić information content (AvgIpc) is 2.29. The number of halogens is 2. The molecule has 0 aliphatic rings. The fourth-order valence-corrected chi connectivity index (χ4v) is 1.88. The first-order valence-electron chi connectivity index (χ1n) is 6.81. The number of rotatable bonds is 5. The topological polar surface area (TPSA) is 50.4 Å². The van der Waals surface area contributed by atoms with E-state index < -0.39 is 11.7 Å². The summed E-state index contributed by atoms with van der Waals surface area (Å²) in [5.74, 6) is -0.358. The van der Waals surface area contributed by atoms with Gasteiger partial charge in [-0.3, -0.25) is 0 Å². The molecule has 0 radical (unpaired) electrons. The number of ether oxygens (including phenoxy) is 1. The molecule has 1 amide bonds. The van der Waals surface area contributed by atoms with Gasteiger partial charge in [0.05, 0.1) is 0 Å². The number of hydrogen-bond donors (Lipinski definition) is 2. The molecular weight excluding hydrogens is 295 g/mol. The summed E-state index contributed by atoms with van der Waals surface area (Å²) in [5.41, 5.74) is 0.293. The van der Waals surface area contributed by atoms with Gasteiger partial charge in [-0.05, 0) is 45.4 Å². The zero-order chi connectivity index (χ0) is 16.0. The summed E-state index contributed by atoms with van der Waals surface area (Å²) in [5, 5.41) is 6.27. The van der Waals surface area contributed by atoms with E-state index in [9.17, 15) is 9.18 Å². The quantitative estimate of drug-likeness (QED) is 0.874. The van der Waals surface area contributed by atoms with Crippen LogP contribution in [0.1, 0.15) is 33.3 Å². The van der Waals surface area contributed by atoms with Gasteiger partial charge in [0.2, 0.25) is 0 Å². The molecule has 2 N–H and O–H groups in total. The van der Waals surface area contributed by atoms with E-state index in [-0.39, 0.29) is 11.9 Å². The Morgan fingerprint density at radius 2 is 2.10 bits per heavy atom. The van der Waals surface area contributed by atoms with Crippen molar-refractivity contribution in [1.82, 2.24) is 10.6 Å². The van der Waals surface area contributed by atoms with Crippen LogP contribution in [0.25, 0.3) is 0 Å². The van der Waals surface area contributed by atoms with Gasteiger partial charge in [0.1, 0.15) is 11.4 Å². The average molecular weight is 317 g/mol. The molecular formula is C15H22ClFN2O2. The lowest BCUT2D eigenvalue weighted by Crippen LogP contribution is -2.42. The maximum Gasteiger partial charge on any atom is 0.407 e. The second kappa shape index (κ2) is 7.61. The fraction of sp³-hybridized carbons (Fsp3) is 0.533. The molecule has 1 aromatic rings. The molecule has 1 atom stereocenters. The van der Waals surface area contributed by atoms with Crippen molar-refractivity contribution in [2.45, 2.75) is 45.9 Å². The first kappa shape index (κ1) is 17.7. The van der Waals surface area contributed by atoms with Gasteiger partial charge in [0.25, 0.3) is 0 Å². The molecule has 0 saturated heterocycles. The number of carbonyl (C=O) groups excluding carboxylic acids is 1. The van der Waals surface area contributed by atoms with Crippen molar-refractivity contribution in [3.8, 4) is 0 Å². The van der Waals surface area contributed by atoms with Crippen LogP contribution in [0.2, 0.25) is 5.02 Å². The van der Waals surface area contributed by atoms with Crippen LogP contribution >= 0.6 is 11.6 Å². The van der Waals surface area contributed by atoms with Crippen LogP contribution in [0.4, 0.5) is 9.18 Å². The molecule has 21 heavy (non-hydrogen) atoms. The maximum absolute atomic E-state index is 12.9. The predicted molar refractivity (Wildman–Crippen MR) is 81.9 cm³/mol. The summed E-state index contributed by atoms with van der Waals surface area (Å²) in [6.07, 6.45) is -0.448. The number of benzene rings is 1. The standard InChI is InChI=1S/C15H22ClFN2O2/c1-10(19-14(20)21-15(2,3)4)8-18-9-11-5-6-12(17)7-13(11)16/h5-7,10,18H,8-9H2,1-4H3,(H,19,20). The van der Waals surface area contributed by atoms with Crippen molar-refractivity contribution in [2.75, 3.05) is 6.54 Å². The smallest absolute Gasteiger partial charge is 0.407 e. The Labute approximate surface area is 130 Å². The molecule has 0 spiro atoms. The largest absolute Gasteiger partial charge is 0.444 e. The van der Waals surface area contributed by atoms with Crippen LogP contribution in [0.5, 0.6) is 0 Å². The Morgan fingerprint density at radius 3 is 2.67 bits per heavy atom. The molecule has 0 aliphatic carbocycles. The van der Waals surface area contributed by atoms with Crippen LogP contribution in [-0.4, -0.2) is 24.3 Å². The highest BCUT2D eigenvalue weighted by molar-refractivity contribution is 6.31. The summed E-state index contributed by atoms with van der Waals surface area (Å²) in [6, 6.07) is 4.18. The Kier molecular flexibility index (Phi) is 6.42. The fourth-order valence-electron chi connectivity index (χ4n) is 1.65. The summed E-state index contributed by atoms with van der Waals surface area (Å²) in [6.45, 7) is 8.35. The molecule has 6 heteroatoms. The predicted octanol–water partition coefficient (Wildman–Crippen LogP) is 3.48. The molecule has 118 valence electrons. The van der Waals surface area contributed by atoms with Gasteiger partial charge in [-0.1, -0.05) is 17.7 Å². The summed E-state index contributed by atoms with van der Waals surface area (Å²) in [4.78, 5) is 11.6. The van der Waals surface area contributed by atoms with E-state index in [1.165, 1.54) is 12.1 Å². The van der Waals surface area contributed by atoms with E-state index in [0.29, 0.717) is 18.1 Å². The van der Waals surface area contributed by atoms with E-state index in [2.05, 4.69) is 10.6 Å². The molecule has 0 saturated carbocycles. The minimum atomic E-state index is -0.515. The van der Waals surface area contributed by atoms with Gasteiger partial charge in [-0.2, -0.15) is 0 Å². The minimum absolute atomic E-state index is 0.0981. The third-order valence-electron chi connectivity index (χ3n) is 2.54. The van der Waals surface area contributed by atoms with Crippen LogP contribution in [0.15, 0.2) is 18.2 Å². The molecule has 1 rings (SSSR count). The third-order valence-corrected chi connectivity index (χ3v) is 2.90. The van der Waals surface area contributed by atoms with Gasteiger partial charge in [0, 0.05) is 24.2 Å². The Hall–Kier alpha value is -1.33.